The number of carbonyl (C=O) groups excluding carboxylic acids is 2. The third-order valence-electron chi connectivity index (χ3n) is 7.02. The Kier molecular flexibility index (Phi) is 8.06. The highest BCUT2D eigenvalue weighted by molar-refractivity contribution is 7.15. The van der Waals surface area contributed by atoms with E-state index in [0.717, 1.165) is 54.6 Å². The zero-order chi connectivity index (χ0) is 26.8. The van der Waals surface area contributed by atoms with Gasteiger partial charge in [-0.25, -0.2) is 19.7 Å². The predicted molar refractivity (Wildman–Crippen MR) is 145 cm³/mol. The van der Waals surface area contributed by atoms with E-state index in [1.54, 1.807) is 16.2 Å². The normalized spacial score (nSPS) is 20.8. The monoisotopic (exact) mass is 528 g/mol. The molecule has 1 N–H and O–H groups in total. The smallest absolute Gasteiger partial charge is 0.411 e. The van der Waals surface area contributed by atoms with E-state index in [9.17, 15) is 9.59 Å². The minimum absolute atomic E-state index is 0.00785. The van der Waals surface area contributed by atoms with Gasteiger partial charge in [0.25, 0.3) is 0 Å². The molecular formula is C27H40N6O3S. The van der Waals surface area contributed by atoms with Crippen molar-refractivity contribution in [2.45, 2.75) is 97.1 Å². The zero-order valence-electron chi connectivity index (χ0n) is 23.0. The largest absolute Gasteiger partial charge is 0.444 e. The molecule has 2 aromatic heterocycles. The lowest BCUT2D eigenvalue weighted by Gasteiger charge is -2.40. The third kappa shape index (κ3) is 6.40. The quantitative estimate of drug-likeness (QED) is 0.533. The molecule has 1 atom stereocenters. The van der Waals surface area contributed by atoms with Crippen molar-refractivity contribution in [2.75, 3.05) is 25.0 Å². The number of carbonyl (C=O) groups is 2. The molecule has 0 bridgehead atoms. The van der Waals surface area contributed by atoms with Gasteiger partial charge in [0.1, 0.15) is 22.8 Å². The Bertz CT molecular complexity index is 1120. The van der Waals surface area contributed by atoms with Gasteiger partial charge in [0.2, 0.25) is 5.91 Å². The summed E-state index contributed by atoms with van der Waals surface area (Å²) in [5.41, 5.74) is -0.556. The number of thiazole rings is 1. The average Bonchev–Trinajstić information content (AvgIpc) is 3.44. The number of hydrogen-bond donors (Lipinski definition) is 1. The molecule has 10 heteroatoms. The van der Waals surface area contributed by atoms with Gasteiger partial charge in [0, 0.05) is 48.4 Å². The first-order valence-electron chi connectivity index (χ1n) is 13.4. The second-order valence-corrected chi connectivity index (χ2v) is 12.5. The number of anilines is 2. The molecule has 0 aliphatic carbocycles. The lowest BCUT2D eigenvalue weighted by molar-refractivity contribution is -0.143. The molecule has 4 rings (SSSR count). The van der Waals surface area contributed by atoms with Crippen LogP contribution in [-0.4, -0.2) is 67.5 Å². The Hall–Kier alpha value is -2.75. The lowest BCUT2D eigenvalue weighted by atomic mass is 9.92. The van der Waals surface area contributed by atoms with Crippen molar-refractivity contribution in [3.63, 3.8) is 0 Å². The predicted octanol–water partition coefficient (Wildman–Crippen LogP) is 5.43. The van der Waals surface area contributed by atoms with Crippen LogP contribution in [0.5, 0.6) is 0 Å². The maximum absolute atomic E-state index is 13.6. The Balaban J connectivity index is 1.40. The topological polar surface area (TPSA) is 101 Å². The summed E-state index contributed by atoms with van der Waals surface area (Å²) in [5, 5.41) is 4.19. The summed E-state index contributed by atoms with van der Waals surface area (Å²) in [7, 11) is 0. The fraction of sp³-hybridized carbons (Fsp3) is 0.667. The van der Waals surface area contributed by atoms with E-state index < -0.39 is 17.2 Å². The molecule has 2 aliphatic heterocycles. The standard InChI is InChI=1S/C27H40N6O3S/c1-7-9-20-17-28-24(37-20)31-21-16-18(2)29-22(30-21)19-10-14-32(15-11-19)23(34)27(6)12-8-13-33(27)25(35)36-26(3,4)5/h16-17,19H,7-15H2,1-6H3,(H,28,29,30,31). The van der Waals surface area contributed by atoms with Crippen LogP contribution in [0.2, 0.25) is 0 Å². The molecule has 2 fully saturated rings. The SMILES string of the molecule is CCCc1cnc(Nc2cc(C)nc(C3CCN(C(=O)C4(C)CCCN4C(=O)OC(C)(C)C)CC3)n2)s1. The summed E-state index contributed by atoms with van der Waals surface area (Å²) in [6.07, 6.45) is 6.65. The fourth-order valence-electron chi connectivity index (χ4n) is 5.15. The number of ether oxygens (including phenoxy) is 1. The molecule has 0 aromatic carbocycles. The molecule has 2 aliphatic rings. The van der Waals surface area contributed by atoms with E-state index in [2.05, 4.69) is 17.2 Å². The lowest BCUT2D eigenvalue weighted by Crippen LogP contribution is -2.58. The van der Waals surface area contributed by atoms with Gasteiger partial charge in [-0.15, -0.1) is 11.3 Å². The first-order chi connectivity index (χ1) is 17.5. The van der Waals surface area contributed by atoms with Crippen LogP contribution < -0.4 is 5.32 Å². The van der Waals surface area contributed by atoms with Crippen molar-refractivity contribution < 1.29 is 14.3 Å². The summed E-state index contributed by atoms with van der Waals surface area (Å²) in [6.45, 7) is 13.3. The van der Waals surface area contributed by atoms with Gasteiger partial charge in [0.15, 0.2) is 5.13 Å². The minimum atomic E-state index is -0.865. The number of nitrogens with one attached hydrogen (secondary N) is 1. The highest BCUT2D eigenvalue weighted by atomic mass is 32.1. The van der Waals surface area contributed by atoms with Crippen LogP contribution in [0, 0.1) is 6.92 Å². The first-order valence-corrected chi connectivity index (χ1v) is 14.2. The maximum atomic E-state index is 13.6. The summed E-state index contributed by atoms with van der Waals surface area (Å²) in [6, 6.07) is 1.94. The Morgan fingerprint density at radius 3 is 2.62 bits per heavy atom. The van der Waals surface area contributed by atoms with Crippen LogP contribution in [0.3, 0.4) is 0 Å². The van der Waals surface area contributed by atoms with Crippen LogP contribution >= 0.6 is 11.3 Å². The van der Waals surface area contributed by atoms with Gasteiger partial charge in [-0.1, -0.05) is 13.3 Å². The maximum Gasteiger partial charge on any atom is 0.411 e. The number of aryl methyl sites for hydroxylation is 2. The molecule has 37 heavy (non-hydrogen) atoms. The number of hydrogen-bond acceptors (Lipinski definition) is 8. The molecule has 1 unspecified atom stereocenters. The number of amides is 2. The zero-order valence-corrected chi connectivity index (χ0v) is 23.8. The fourth-order valence-corrected chi connectivity index (χ4v) is 6.07. The molecule has 202 valence electrons. The Labute approximate surface area is 224 Å². The van der Waals surface area contributed by atoms with E-state index >= 15 is 0 Å². The second kappa shape index (κ2) is 10.9. The van der Waals surface area contributed by atoms with Crippen LogP contribution in [0.25, 0.3) is 0 Å². The van der Waals surface area contributed by atoms with E-state index in [1.165, 1.54) is 4.88 Å². The summed E-state index contributed by atoms with van der Waals surface area (Å²) in [4.78, 5) is 45.3. The third-order valence-corrected chi connectivity index (χ3v) is 7.99. The molecule has 2 saturated heterocycles. The van der Waals surface area contributed by atoms with Gasteiger partial charge in [-0.3, -0.25) is 9.69 Å². The summed E-state index contributed by atoms with van der Waals surface area (Å²) in [5.74, 6) is 1.75. The van der Waals surface area contributed by atoms with Crippen molar-refractivity contribution in [1.82, 2.24) is 24.8 Å². The minimum Gasteiger partial charge on any atom is -0.444 e. The molecule has 9 nitrogen and oxygen atoms in total. The van der Waals surface area contributed by atoms with Crippen molar-refractivity contribution in [3.8, 4) is 0 Å². The number of rotatable bonds is 6. The molecule has 2 aromatic rings. The van der Waals surface area contributed by atoms with Crippen molar-refractivity contribution in [1.29, 1.82) is 0 Å². The summed E-state index contributed by atoms with van der Waals surface area (Å²) < 4.78 is 5.60. The molecule has 0 saturated carbocycles. The van der Waals surface area contributed by atoms with Gasteiger partial charge in [-0.2, -0.15) is 0 Å². The number of nitrogens with zero attached hydrogens (tertiary/aromatic N) is 5. The summed E-state index contributed by atoms with van der Waals surface area (Å²) >= 11 is 1.66. The number of aromatic nitrogens is 3. The van der Waals surface area contributed by atoms with Gasteiger partial charge in [0.05, 0.1) is 0 Å². The molecule has 4 heterocycles. The van der Waals surface area contributed by atoms with Crippen LogP contribution in [0.4, 0.5) is 15.7 Å². The first kappa shape index (κ1) is 27.3. The van der Waals surface area contributed by atoms with Gasteiger partial charge >= 0.3 is 6.09 Å². The highest BCUT2D eigenvalue weighted by Crippen LogP contribution is 2.35. The Morgan fingerprint density at radius 2 is 1.95 bits per heavy atom. The van der Waals surface area contributed by atoms with Crippen molar-refractivity contribution in [3.05, 3.63) is 28.7 Å². The van der Waals surface area contributed by atoms with Crippen molar-refractivity contribution >= 4 is 34.3 Å². The molecule has 0 radical (unpaired) electrons. The molecule has 0 spiro atoms. The van der Waals surface area contributed by atoms with E-state index in [-0.39, 0.29) is 11.8 Å². The molecular weight excluding hydrogens is 488 g/mol. The molecule has 2 amide bonds. The van der Waals surface area contributed by atoms with E-state index in [1.807, 2.05) is 51.8 Å². The highest BCUT2D eigenvalue weighted by Gasteiger charge is 2.49. The van der Waals surface area contributed by atoms with E-state index in [0.29, 0.717) is 26.1 Å². The van der Waals surface area contributed by atoms with E-state index in [4.69, 9.17) is 14.7 Å². The van der Waals surface area contributed by atoms with Gasteiger partial charge < -0.3 is 15.0 Å². The van der Waals surface area contributed by atoms with Gasteiger partial charge in [-0.05, 0) is 66.7 Å². The average molecular weight is 529 g/mol. The van der Waals surface area contributed by atoms with Crippen LogP contribution in [0.15, 0.2) is 12.3 Å². The Morgan fingerprint density at radius 1 is 1.22 bits per heavy atom. The van der Waals surface area contributed by atoms with Crippen molar-refractivity contribution in [2.24, 2.45) is 0 Å². The number of likely N-dealkylation sites (tertiary alicyclic amines) is 2. The van der Waals surface area contributed by atoms with Crippen LogP contribution in [-0.2, 0) is 16.0 Å². The number of piperidine rings is 1. The second-order valence-electron chi connectivity index (χ2n) is 11.3. The van der Waals surface area contributed by atoms with Crippen LogP contribution in [0.1, 0.15) is 89.0 Å².